The van der Waals surface area contributed by atoms with E-state index in [1.807, 2.05) is 0 Å². The Hall–Kier alpha value is -1.96. The number of aryl methyl sites for hydroxylation is 1. The molecule has 1 rings (SSSR count). The molecule has 1 aromatic rings. The Bertz CT molecular complexity index is 699. The Balaban J connectivity index is 3.79. The first-order chi connectivity index (χ1) is 9.30. The van der Waals surface area contributed by atoms with Crippen molar-refractivity contribution in [2.24, 2.45) is 0 Å². The lowest BCUT2D eigenvalue weighted by Crippen LogP contribution is -2.18. The number of benzene rings is 1. The van der Waals surface area contributed by atoms with Crippen LogP contribution in [0.15, 0.2) is 17.0 Å². The van der Waals surface area contributed by atoms with Crippen molar-refractivity contribution in [3.8, 4) is 6.26 Å². The van der Waals surface area contributed by atoms with Gasteiger partial charge in [0.2, 0.25) is 0 Å². The Morgan fingerprint density at radius 2 is 1.62 bits per heavy atom. The van der Waals surface area contributed by atoms with E-state index in [0.29, 0.717) is 6.26 Å². The van der Waals surface area contributed by atoms with Gasteiger partial charge in [-0.15, -0.1) is 5.26 Å². The fourth-order valence-corrected chi connectivity index (χ4v) is 2.65. The van der Waals surface area contributed by atoms with Crippen molar-refractivity contribution in [3.63, 3.8) is 0 Å². The lowest BCUT2D eigenvalue weighted by Gasteiger charge is -2.17. The van der Waals surface area contributed by atoms with E-state index < -0.39 is 44.1 Å². The van der Waals surface area contributed by atoms with E-state index in [1.54, 1.807) is 0 Å². The quantitative estimate of drug-likeness (QED) is 0.473. The second-order valence-electron chi connectivity index (χ2n) is 3.79. The largest absolute Gasteiger partial charge is 0.417 e. The van der Waals surface area contributed by atoms with Gasteiger partial charge >= 0.3 is 28.7 Å². The summed E-state index contributed by atoms with van der Waals surface area (Å²) in [5.41, 5.74) is -4.55. The van der Waals surface area contributed by atoms with Crippen LogP contribution in [0.2, 0.25) is 0 Å². The molecule has 0 fully saturated rings. The second kappa shape index (κ2) is 5.10. The van der Waals surface area contributed by atoms with Crippen LogP contribution < -0.4 is 0 Å². The maximum absolute atomic E-state index is 12.8. The molecular weight excluding hydrogens is 328 g/mol. The summed E-state index contributed by atoms with van der Waals surface area (Å²) >= 11 is 0. The summed E-state index contributed by atoms with van der Waals surface area (Å²) in [5, 5.41) is 8.12. The third-order valence-electron chi connectivity index (χ3n) is 2.30. The van der Waals surface area contributed by atoms with Crippen molar-refractivity contribution in [1.29, 1.82) is 5.26 Å². The first-order valence-corrected chi connectivity index (χ1v) is 6.33. The first-order valence-electron chi connectivity index (χ1n) is 4.92. The van der Waals surface area contributed by atoms with E-state index in [9.17, 15) is 34.8 Å². The number of hydrogen-bond donors (Lipinski definition) is 0. The molecule has 0 aliphatic carbocycles. The highest BCUT2D eigenvalue weighted by molar-refractivity contribution is 7.87. The molecule has 0 amide bonds. The number of halogens is 6. The summed E-state index contributed by atoms with van der Waals surface area (Å²) in [6.07, 6.45) is -9.80. The van der Waals surface area contributed by atoms with Crippen LogP contribution in [-0.2, 0) is 26.7 Å². The van der Waals surface area contributed by atoms with Crippen LogP contribution in [0.1, 0.15) is 16.7 Å². The van der Waals surface area contributed by atoms with Crippen molar-refractivity contribution >= 4 is 10.1 Å². The Morgan fingerprint density at radius 1 is 1.10 bits per heavy atom. The molecule has 0 radical (unpaired) electrons. The van der Waals surface area contributed by atoms with Crippen LogP contribution >= 0.6 is 0 Å². The molecule has 0 heterocycles. The monoisotopic (exact) mass is 333 g/mol. The number of hydrogen-bond acceptors (Lipinski definition) is 4. The SMILES string of the molecule is Cc1cc(C(F)(F)F)cc(C(F)(F)F)c1S(=O)(=O)OC#N. The average molecular weight is 333 g/mol. The minimum atomic E-state index is -5.38. The molecule has 0 spiro atoms. The molecule has 4 nitrogen and oxygen atoms in total. The highest BCUT2D eigenvalue weighted by Gasteiger charge is 2.42. The summed E-state index contributed by atoms with van der Waals surface area (Å²) in [4.78, 5) is -1.52. The second-order valence-corrected chi connectivity index (χ2v) is 5.28. The highest BCUT2D eigenvalue weighted by atomic mass is 32.2. The number of nitrogens with zero attached hydrogens (tertiary/aromatic N) is 1. The maximum atomic E-state index is 12.8. The van der Waals surface area contributed by atoms with Crippen LogP contribution in [0.3, 0.4) is 0 Å². The Labute approximate surface area is 114 Å². The van der Waals surface area contributed by atoms with Gasteiger partial charge in [-0.05, 0) is 24.6 Å². The molecule has 0 saturated carbocycles. The molecule has 0 aliphatic heterocycles. The highest BCUT2D eigenvalue weighted by Crippen LogP contribution is 2.40. The molecule has 21 heavy (non-hydrogen) atoms. The fraction of sp³-hybridized carbons (Fsp3) is 0.300. The summed E-state index contributed by atoms with van der Waals surface area (Å²) in [6, 6.07) is -0.122. The molecule has 116 valence electrons. The van der Waals surface area contributed by atoms with E-state index in [1.165, 1.54) is 0 Å². The van der Waals surface area contributed by atoms with Crippen molar-refractivity contribution in [1.82, 2.24) is 0 Å². The Kier molecular flexibility index (Phi) is 4.15. The van der Waals surface area contributed by atoms with Gasteiger partial charge in [0.15, 0.2) is 0 Å². The zero-order chi connectivity index (χ0) is 16.6. The lowest BCUT2D eigenvalue weighted by atomic mass is 10.1. The predicted octanol–water partition coefficient (Wildman–Crippen LogP) is 3.22. The van der Waals surface area contributed by atoms with Gasteiger partial charge < -0.3 is 0 Å². The van der Waals surface area contributed by atoms with E-state index >= 15 is 0 Å². The summed E-state index contributed by atoms with van der Waals surface area (Å²) < 4.78 is 102. The number of rotatable bonds is 2. The first kappa shape index (κ1) is 17.1. The minimum absolute atomic E-state index is 0.225. The molecule has 0 atom stereocenters. The fourth-order valence-electron chi connectivity index (χ4n) is 1.57. The molecule has 0 saturated heterocycles. The van der Waals surface area contributed by atoms with Gasteiger partial charge in [0.1, 0.15) is 4.90 Å². The summed E-state index contributed by atoms with van der Waals surface area (Å²) in [6.45, 7) is 0.734. The van der Waals surface area contributed by atoms with Gasteiger partial charge in [0, 0.05) is 0 Å². The van der Waals surface area contributed by atoms with E-state index in [4.69, 9.17) is 5.26 Å². The average Bonchev–Trinajstić information content (AvgIpc) is 2.24. The molecule has 0 aromatic heterocycles. The van der Waals surface area contributed by atoms with E-state index in [0.717, 1.165) is 6.92 Å². The molecule has 0 unspecified atom stereocenters. The number of alkyl halides is 6. The van der Waals surface area contributed by atoms with Gasteiger partial charge in [-0.1, -0.05) is 0 Å². The van der Waals surface area contributed by atoms with Crippen molar-refractivity contribution in [2.45, 2.75) is 24.2 Å². The smallest absolute Gasteiger partial charge is 0.299 e. The van der Waals surface area contributed by atoms with Crippen molar-refractivity contribution < 1.29 is 38.9 Å². The summed E-state index contributed by atoms with van der Waals surface area (Å²) in [7, 11) is -5.17. The normalized spacial score (nSPS) is 12.9. The van der Waals surface area contributed by atoms with Crippen molar-refractivity contribution in [2.75, 3.05) is 0 Å². The third-order valence-corrected chi connectivity index (χ3v) is 3.64. The third kappa shape index (κ3) is 3.57. The standard InChI is InChI=1S/C10H5F6NO3S/c1-5-2-6(9(11,12)13)3-7(10(14,15)16)8(5)21(18,19)20-4-17/h2-3H,1H3. The van der Waals surface area contributed by atoms with Gasteiger partial charge in [-0.3, -0.25) is 4.18 Å². The van der Waals surface area contributed by atoms with E-state index in [-0.39, 0.29) is 12.1 Å². The molecular formula is C10H5F6NO3S. The molecule has 11 heteroatoms. The Morgan fingerprint density at radius 3 is 2.00 bits per heavy atom. The van der Waals surface area contributed by atoms with Crippen molar-refractivity contribution in [3.05, 3.63) is 28.8 Å². The summed E-state index contributed by atoms with van der Waals surface area (Å²) in [5.74, 6) is 0. The molecule has 0 bridgehead atoms. The van der Waals surface area contributed by atoms with E-state index in [2.05, 4.69) is 4.18 Å². The topological polar surface area (TPSA) is 67.2 Å². The van der Waals surface area contributed by atoms with Gasteiger partial charge in [-0.2, -0.15) is 34.8 Å². The van der Waals surface area contributed by atoms with Crippen LogP contribution in [0.25, 0.3) is 0 Å². The van der Waals surface area contributed by atoms with Crippen LogP contribution in [0, 0.1) is 18.4 Å². The number of nitriles is 1. The van der Waals surface area contributed by atoms with Gasteiger partial charge in [0.05, 0.1) is 11.1 Å². The van der Waals surface area contributed by atoms with Crippen LogP contribution in [-0.4, -0.2) is 8.42 Å². The minimum Gasteiger partial charge on any atom is -0.299 e. The molecule has 1 aromatic carbocycles. The molecule has 0 aliphatic rings. The lowest BCUT2D eigenvalue weighted by molar-refractivity contribution is -0.144. The zero-order valence-corrected chi connectivity index (χ0v) is 10.8. The van der Waals surface area contributed by atoms with Gasteiger partial charge in [0.25, 0.3) is 0 Å². The predicted molar refractivity (Wildman–Crippen MR) is 55.1 cm³/mol. The maximum Gasteiger partial charge on any atom is 0.417 e. The zero-order valence-electron chi connectivity index (χ0n) is 10.0. The van der Waals surface area contributed by atoms with Crippen LogP contribution in [0.4, 0.5) is 26.3 Å². The van der Waals surface area contributed by atoms with Crippen LogP contribution in [0.5, 0.6) is 0 Å². The molecule has 0 N–H and O–H groups in total. The van der Waals surface area contributed by atoms with Gasteiger partial charge in [-0.25, -0.2) is 0 Å².